The van der Waals surface area contributed by atoms with Crippen LogP contribution >= 0.6 is 0 Å². The Labute approximate surface area is 132 Å². The van der Waals surface area contributed by atoms with E-state index in [0.717, 1.165) is 59.2 Å². The van der Waals surface area contributed by atoms with Gasteiger partial charge in [0.15, 0.2) is 0 Å². The SMILES string of the molecule is CC1CCC2C3CCC4CCCC4C3C(C)[C@H](C)C2C1C. The molecule has 4 rings (SSSR count). The normalized spacial score (nSPS) is 60.0. The lowest BCUT2D eigenvalue weighted by molar-refractivity contribution is -0.111. The Morgan fingerprint density at radius 3 is 2.00 bits per heavy atom. The lowest BCUT2D eigenvalue weighted by Crippen LogP contribution is -2.53. The lowest BCUT2D eigenvalue weighted by Gasteiger charge is -2.59. The summed E-state index contributed by atoms with van der Waals surface area (Å²) < 4.78 is 0. The predicted octanol–water partition coefficient (Wildman–Crippen LogP) is 6.01. The van der Waals surface area contributed by atoms with E-state index in [4.69, 9.17) is 0 Å². The van der Waals surface area contributed by atoms with Crippen molar-refractivity contribution in [2.45, 2.75) is 72.6 Å². The van der Waals surface area contributed by atoms with E-state index in [-0.39, 0.29) is 0 Å². The van der Waals surface area contributed by atoms with Crippen LogP contribution in [0.3, 0.4) is 0 Å². The molecular weight excluding hydrogens is 252 g/mol. The zero-order valence-corrected chi connectivity index (χ0v) is 14.7. The van der Waals surface area contributed by atoms with Crippen LogP contribution in [0.2, 0.25) is 0 Å². The molecule has 0 heteroatoms. The molecule has 4 aliphatic carbocycles. The number of rotatable bonds is 0. The average Bonchev–Trinajstić information content (AvgIpc) is 2.95. The second-order valence-corrected chi connectivity index (χ2v) is 9.55. The Bertz CT molecular complexity index is 385. The van der Waals surface area contributed by atoms with Gasteiger partial charge in [-0.15, -0.1) is 0 Å². The van der Waals surface area contributed by atoms with E-state index in [1.54, 1.807) is 38.5 Å². The molecule has 0 heterocycles. The fourth-order valence-electron chi connectivity index (χ4n) is 7.88. The van der Waals surface area contributed by atoms with Crippen LogP contribution in [0, 0.1) is 59.2 Å². The van der Waals surface area contributed by atoms with Crippen molar-refractivity contribution in [1.29, 1.82) is 0 Å². The molecule has 0 amide bonds. The summed E-state index contributed by atoms with van der Waals surface area (Å²) in [6, 6.07) is 0. The molecule has 4 fully saturated rings. The fraction of sp³-hybridized carbons (Fsp3) is 1.00. The molecule has 4 aliphatic rings. The highest BCUT2D eigenvalue weighted by molar-refractivity contribution is 5.04. The summed E-state index contributed by atoms with van der Waals surface area (Å²) in [5.41, 5.74) is 0. The van der Waals surface area contributed by atoms with Crippen LogP contribution in [0.25, 0.3) is 0 Å². The molecule has 0 N–H and O–H groups in total. The molecule has 0 aromatic carbocycles. The second kappa shape index (κ2) is 5.27. The van der Waals surface area contributed by atoms with Crippen LogP contribution in [0.4, 0.5) is 0 Å². The highest BCUT2D eigenvalue weighted by Crippen LogP contribution is 2.62. The van der Waals surface area contributed by atoms with Gasteiger partial charge in [0, 0.05) is 0 Å². The Hall–Kier alpha value is 0. The van der Waals surface area contributed by atoms with Crippen molar-refractivity contribution in [1.82, 2.24) is 0 Å². The molecule has 10 atom stereocenters. The molecule has 4 saturated carbocycles. The molecule has 0 radical (unpaired) electrons. The molecule has 0 spiro atoms. The molecular formula is C21H36. The van der Waals surface area contributed by atoms with Crippen molar-refractivity contribution < 1.29 is 0 Å². The minimum absolute atomic E-state index is 0.972. The van der Waals surface area contributed by atoms with Crippen molar-refractivity contribution in [3.8, 4) is 0 Å². The number of hydrogen-bond acceptors (Lipinski definition) is 0. The van der Waals surface area contributed by atoms with Gasteiger partial charge in [-0.25, -0.2) is 0 Å². The van der Waals surface area contributed by atoms with Crippen molar-refractivity contribution in [2.24, 2.45) is 59.2 Å². The molecule has 21 heavy (non-hydrogen) atoms. The topological polar surface area (TPSA) is 0 Å². The van der Waals surface area contributed by atoms with Crippen molar-refractivity contribution >= 4 is 0 Å². The predicted molar refractivity (Wildman–Crippen MR) is 89.9 cm³/mol. The summed E-state index contributed by atoms with van der Waals surface area (Å²) in [5.74, 6) is 10.5. The quantitative estimate of drug-likeness (QED) is 0.512. The van der Waals surface area contributed by atoms with Gasteiger partial charge in [0.2, 0.25) is 0 Å². The van der Waals surface area contributed by atoms with Crippen molar-refractivity contribution in [3.63, 3.8) is 0 Å². The zero-order chi connectivity index (χ0) is 14.7. The van der Waals surface area contributed by atoms with Gasteiger partial charge >= 0.3 is 0 Å². The first-order valence-electron chi connectivity index (χ1n) is 10.1. The van der Waals surface area contributed by atoms with Gasteiger partial charge in [0.25, 0.3) is 0 Å². The number of fused-ring (bicyclic) bond motifs is 5. The molecule has 120 valence electrons. The highest BCUT2D eigenvalue weighted by Gasteiger charge is 2.55. The molecule has 0 nitrogen and oxygen atoms in total. The van der Waals surface area contributed by atoms with Crippen LogP contribution < -0.4 is 0 Å². The van der Waals surface area contributed by atoms with Crippen molar-refractivity contribution in [3.05, 3.63) is 0 Å². The lowest BCUT2D eigenvalue weighted by atomic mass is 9.46. The molecule has 0 aromatic heterocycles. The molecule has 9 unspecified atom stereocenters. The third kappa shape index (κ3) is 2.07. The minimum atomic E-state index is 0.972. The molecule has 0 bridgehead atoms. The first-order valence-corrected chi connectivity index (χ1v) is 10.1. The Morgan fingerprint density at radius 2 is 1.19 bits per heavy atom. The van der Waals surface area contributed by atoms with E-state index in [1.165, 1.54) is 6.42 Å². The first kappa shape index (κ1) is 14.6. The van der Waals surface area contributed by atoms with E-state index in [0.29, 0.717) is 0 Å². The van der Waals surface area contributed by atoms with Gasteiger partial charge in [-0.1, -0.05) is 47.0 Å². The number of hydrogen-bond donors (Lipinski definition) is 0. The van der Waals surface area contributed by atoms with E-state index in [9.17, 15) is 0 Å². The first-order chi connectivity index (χ1) is 10.1. The Morgan fingerprint density at radius 1 is 0.524 bits per heavy atom. The van der Waals surface area contributed by atoms with Crippen LogP contribution in [-0.4, -0.2) is 0 Å². The van der Waals surface area contributed by atoms with E-state index >= 15 is 0 Å². The van der Waals surface area contributed by atoms with Crippen LogP contribution in [0.1, 0.15) is 72.6 Å². The highest BCUT2D eigenvalue weighted by atomic mass is 14.6. The van der Waals surface area contributed by atoms with E-state index in [2.05, 4.69) is 27.7 Å². The Balaban J connectivity index is 1.65. The molecule has 0 aromatic rings. The maximum absolute atomic E-state index is 2.64. The maximum atomic E-state index is 2.64. The van der Waals surface area contributed by atoms with Gasteiger partial charge in [-0.05, 0) is 84.9 Å². The van der Waals surface area contributed by atoms with Gasteiger partial charge in [0.05, 0.1) is 0 Å². The van der Waals surface area contributed by atoms with Crippen LogP contribution in [0.5, 0.6) is 0 Å². The summed E-state index contributed by atoms with van der Waals surface area (Å²) in [5, 5.41) is 0. The standard InChI is InChI=1S/C21H36/c1-12-8-10-18-19-11-9-16-6-5-7-17(16)21(19)15(4)14(3)20(18)13(12)2/h12-21H,5-11H2,1-4H3/t12?,13?,14-,15?,16?,17?,18?,19?,20?,21?/m0/s1. The van der Waals surface area contributed by atoms with E-state index < -0.39 is 0 Å². The minimum Gasteiger partial charge on any atom is -0.0622 e. The second-order valence-electron chi connectivity index (χ2n) is 9.55. The van der Waals surface area contributed by atoms with Crippen LogP contribution in [0.15, 0.2) is 0 Å². The van der Waals surface area contributed by atoms with Gasteiger partial charge in [-0.2, -0.15) is 0 Å². The van der Waals surface area contributed by atoms with Crippen LogP contribution in [-0.2, 0) is 0 Å². The third-order valence-corrected chi connectivity index (χ3v) is 9.13. The smallest absolute Gasteiger partial charge is 0.0324 e. The largest absolute Gasteiger partial charge is 0.0622 e. The summed E-state index contributed by atoms with van der Waals surface area (Å²) in [6.45, 7) is 10.4. The fourth-order valence-corrected chi connectivity index (χ4v) is 7.88. The average molecular weight is 289 g/mol. The van der Waals surface area contributed by atoms with Gasteiger partial charge in [0.1, 0.15) is 0 Å². The summed E-state index contributed by atoms with van der Waals surface area (Å²) in [7, 11) is 0. The van der Waals surface area contributed by atoms with Gasteiger partial charge < -0.3 is 0 Å². The van der Waals surface area contributed by atoms with Crippen molar-refractivity contribution in [2.75, 3.05) is 0 Å². The Kier molecular flexibility index (Phi) is 3.66. The van der Waals surface area contributed by atoms with Gasteiger partial charge in [-0.3, -0.25) is 0 Å². The maximum Gasteiger partial charge on any atom is -0.0324 e. The van der Waals surface area contributed by atoms with E-state index in [1.807, 2.05) is 0 Å². The third-order valence-electron chi connectivity index (χ3n) is 9.13. The summed E-state index contributed by atoms with van der Waals surface area (Å²) >= 11 is 0. The summed E-state index contributed by atoms with van der Waals surface area (Å²) in [4.78, 5) is 0. The molecule has 0 aliphatic heterocycles. The zero-order valence-electron chi connectivity index (χ0n) is 14.7. The molecule has 0 saturated heterocycles. The monoisotopic (exact) mass is 288 g/mol. The summed E-state index contributed by atoms with van der Waals surface area (Å²) in [6.07, 6.45) is 10.9.